The lowest BCUT2D eigenvalue weighted by Crippen LogP contribution is -2.44. The third-order valence-corrected chi connectivity index (χ3v) is 2.53. The van der Waals surface area contributed by atoms with Crippen molar-refractivity contribution < 1.29 is 9.59 Å². The van der Waals surface area contributed by atoms with E-state index in [-0.39, 0.29) is 0 Å². The quantitative estimate of drug-likeness (QED) is 0.494. The molecule has 3 amide bonds. The molecule has 6 heteroatoms. The highest BCUT2D eigenvalue weighted by Gasteiger charge is 2.09. The number of urea groups is 1. The molecule has 0 fully saturated rings. The summed E-state index contributed by atoms with van der Waals surface area (Å²) in [5, 5.41) is 2.57. The molecule has 0 aliphatic heterocycles. The maximum Gasteiger partial charge on any atom is 0.337 e. The summed E-state index contributed by atoms with van der Waals surface area (Å²) in [6, 6.07) is 14.9. The van der Waals surface area contributed by atoms with Crippen LogP contribution in [-0.2, 0) is 0 Å². The maximum atomic E-state index is 11.8. The van der Waals surface area contributed by atoms with Gasteiger partial charge in [-0.3, -0.25) is 10.2 Å². The number of rotatable bonds is 2. The molecular formula is C14H14N4O2. The summed E-state index contributed by atoms with van der Waals surface area (Å²) in [7, 11) is 0. The first-order chi connectivity index (χ1) is 9.66. The highest BCUT2D eigenvalue weighted by atomic mass is 16.2. The van der Waals surface area contributed by atoms with E-state index in [1.165, 1.54) is 0 Å². The third kappa shape index (κ3) is 3.49. The number of carbonyl (C=O) groups excluding carboxylic acids is 2. The van der Waals surface area contributed by atoms with Crippen molar-refractivity contribution >= 4 is 23.3 Å². The van der Waals surface area contributed by atoms with Gasteiger partial charge in [0.15, 0.2) is 0 Å². The standard InChI is InChI=1S/C14H14N4O2/c15-12-9-5-4-8-11(12)13(19)17-18-14(20)16-10-6-2-1-3-7-10/h1-9H,15H2,(H,17,19)(H2,16,18,20). The zero-order valence-electron chi connectivity index (χ0n) is 10.6. The zero-order valence-corrected chi connectivity index (χ0v) is 10.6. The van der Waals surface area contributed by atoms with Crippen molar-refractivity contribution in [3.8, 4) is 0 Å². The maximum absolute atomic E-state index is 11.8. The molecule has 2 aromatic carbocycles. The lowest BCUT2D eigenvalue weighted by molar-refractivity contribution is 0.0939. The largest absolute Gasteiger partial charge is 0.398 e. The second-order valence-electron chi connectivity index (χ2n) is 3.99. The number of nitrogens with two attached hydrogens (primary N) is 1. The number of anilines is 2. The van der Waals surface area contributed by atoms with Gasteiger partial charge < -0.3 is 11.1 Å². The average Bonchev–Trinajstić information content (AvgIpc) is 2.46. The van der Waals surface area contributed by atoms with Crippen molar-refractivity contribution in [3.05, 3.63) is 60.2 Å². The van der Waals surface area contributed by atoms with Crippen LogP contribution in [0, 0.1) is 0 Å². The van der Waals surface area contributed by atoms with Crippen molar-refractivity contribution in [1.29, 1.82) is 0 Å². The minimum atomic E-state index is -0.543. The summed E-state index contributed by atoms with van der Waals surface area (Å²) < 4.78 is 0. The number of nitrogens with one attached hydrogen (secondary N) is 3. The molecule has 0 aliphatic rings. The van der Waals surface area contributed by atoms with Gasteiger partial charge in [-0.2, -0.15) is 0 Å². The zero-order chi connectivity index (χ0) is 14.4. The van der Waals surface area contributed by atoms with Crippen LogP contribution in [0.3, 0.4) is 0 Å². The van der Waals surface area contributed by atoms with Crippen LogP contribution in [-0.4, -0.2) is 11.9 Å². The second-order valence-corrected chi connectivity index (χ2v) is 3.99. The van der Waals surface area contributed by atoms with Crippen molar-refractivity contribution in [3.63, 3.8) is 0 Å². The molecular weight excluding hydrogens is 256 g/mol. The van der Waals surface area contributed by atoms with Crippen LogP contribution >= 0.6 is 0 Å². The Morgan fingerprint density at radius 1 is 0.850 bits per heavy atom. The van der Waals surface area contributed by atoms with Gasteiger partial charge in [0.1, 0.15) is 0 Å². The highest BCUT2D eigenvalue weighted by molar-refractivity contribution is 6.00. The van der Waals surface area contributed by atoms with Crippen LogP contribution in [0.1, 0.15) is 10.4 Å². The molecule has 20 heavy (non-hydrogen) atoms. The average molecular weight is 270 g/mol. The molecule has 2 aromatic rings. The molecule has 0 heterocycles. The van der Waals surface area contributed by atoms with E-state index in [0.29, 0.717) is 16.9 Å². The van der Waals surface area contributed by atoms with E-state index in [1.54, 1.807) is 48.5 Å². The van der Waals surface area contributed by atoms with Gasteiger partial charge in [-0.15, -0.1) is 0 Å². The molecule has 0 aromatic heterocycles. The molecule has 2 rings (SSSR count). The van der Waals surface area contributed by atoms with Gasteiger partial charge in [0.2, 0.25) is 0 Å². The molecule has 0 atom stereocenters. The minimum Gasteiger partial charge on any atom is -0.398 e. The summed E-state index contributed by atoms with van der Waals surface area (Å²) in [4.78, 5) is 23.4. The SMILES string of the molecule is Nc1ccccc1C(=O)NNC(=O)Nc1ccccc1. The van der Waals surface area contributed by atoms with Crippen LogP contribution in [0.5, 0.6) is 0 Å². The predicted octanol–water partition coefficient (Wildman–Crippen LogP) is 1.74. The van der Waals surface area contributed by atoms with Gasteiger partial charge in [-0.05, 0) is 24.3 Å². The fourth-order valence-electron chi connectivity index (χ4n) is 1.57. The van der Waals surface area contributed by atoms with Gasteiger partial charge in [-0.25, -0.2) is 10.2 Å². The summed E-state index contributed by atoms with van der Waals surface area (Å²) >= 11 is 0. The summed E-state index contributed by atoms with van der Waals surface area (Å²) in [5.74, 6) is -0.480. The van der Waals surface area contributed by atoms with E-state index in [9.17, 15) is 9.59 Å². The molecule has 5 N–H and O–H groups in total. The molecule has 0 radical (unpaired) electrons. The first-order valence-corrected chi connectivity index (χ1v) is 5.93. The normalized spacial score (nSPS) is 9.60. The van der Waals surface area contributed by atoms with Crippen LogP contribution in [0.2, 0.25) is 0 Å². The summed E-state index contributed by atoms with van der Waals surface area (Å²) in [5.41, 5.74) is 11.5. The lowest BCUT2D eigenvalue weighted by atomic mass is 10.2. The summed E-state index contributed by atoms with van der Waals surface area (Å²) in [6.07, 6.45) is 0. The Kier molecular flexibility index (Phi) is 4.18. The Labute approximate surface area is 116 Å². The van der Waals surface area contributed by atoms with Crippen molar-refractivity contribution in [1.82, 2.24) is 10.9 Å². The molecule has 0 spiro atoms. The molecule has 0 saturated heterocycles. The van der Waals surface area contributed by atoms with E-state index in [0.717, 1.165) is 0 Å². The Balaban J connectivity index is 1.88. The Morgan fingerprint density at radius 2 is 1.50 bits per heavy atom. The van der Waals surface area contributed by atoms with E-state index < -0.39 is 11.9 Å². The third-order valence-electron chi connectivity index (χ3n) is 2.53. The molecule has 0 saturated carbocycles. The number of amides is 3. The Bertz CT molecular complexity index is 614. The molecule has 6 nitrogen and oxygen atoms in total. The predicted molar refractivity (Wildman–Crippen MR) is 76.9 cm³/mol. The monoisotopic (exact) mass is 270 g/mol. The van der Waals surface area contributed by atoms with E-state index in [4.69, 9.17) is 5.73 Å². The van der Waals surface area contributed by atoms with Gasteiger partial charge in [0.25, 0.3) is 5.91 Å². The molecule has 102 valence electrons. The van der Waals surface area contributed by atoms with Gasteiger partial charge in [-0.1, -0.05) is 30.3 Å². The van der Waals surface area contributed by atoms with E-state index in [1.807, 2.05) is 6.07 Å². The van der Waals surface area contributed by atoms with E-state index >= 15 is 0 Å². The first kappa shape index (κ1) is 13.4. The highest BCUT2D eigenvalue weighted by Crippen LogP contribution is 2.09. The molecule has 0 bridgehead atoms. The number of hydrogen-bond donors (Lipinski definition) is 4. The van der Waals surface area contributed by atoms with Crippen LogP contribution in [0.15, 0.2) is 54.6 Å². The molecule has 0 aliphatic carbocycles. The van der Waals surface area contributed by atoms with Crippen LogP contribution in [0.25, 0.3) is 0 Å². The summed E-state index contributed by atoms with van der Waals surface area (Å²) in [6.45, 7) is 0. The topological polar surface area (TPSA) is 96.2 Å². The number of nitrogen functional groups attached to an aromatic ring is 1. The fourth-order valence-corrected chi connectivity index (χ4v) is 1.57. The first-order valence-electron chi connectivity index (χ1n) is 5.93. The van der Waals surface area contributed by atoms with Crippen LogP contribution < -0.4 is 21.9 Å². The van der Waals surface area contributed by atoms with Gasteiger partial charge >= 0.3 is 6.03 Å². The van der Waals surface area contributed by atoms with Crippen LogP contribution in [0.4, 0.5) is 16.2 Å². The number of carbonyl (C=O) groups is 2. The Hall–Kier alpha value is -3.02. The number of hydrazine groups is 1. The number of benzene rings is 2. The lowest BCUT2D eigenvalue weighted by Gasteiger charge is -2.09. The fraction of sp³-hybridized carbons (Fsp3) is 0. The van der Waals surface area contributed by atoms with Gasteiger partial charge in [0, 0.05) is 11.4 Å². The Morgan fingerprint density at radius 3 is 2.20 bits per heavy atom. The molecule has 0 unspecified atom stereocenters. The second kappa shape index (κ2) is 6.24. The van der Waals surface area contributed by atoms with Crippen molar-refractivity contribution in [2.45, 2.75) is 0 Å². The number of hydrogen-bond acceptors (Lipinski definition) is 3. The van der Waals surface area contributed by atoms with Crippen molar-refractivity contribution in [2.24, 2.45) is 0 Å². The van der Waals surface area contributed by atoms with E-state index in [2.05, 4.69) is 16.2 Å². The smallest absolute Gasteiger partial charge is 0.337 e. The van der Waals surface area contributed by atoms with Crippen molar-refractivity contribution in [2.75, 3.05) is 11.1 Å². The van der Waals surface area contributed by atoms with Gasteiger partial charge in [0.05, 0.1) is 5.56 Å². The number of para-hydroxylation sites is 2. The minimum absolute atomic E-state index is 0.299.